The van der Waals surface area contributed by atoms with Crippen LogP contribution < -0.4 is 5.32 Å². The Morgan fingerprint density at radius 2 is 2.05 bits per heavy atom. The molecule has 0 radical (unpaired) electrons. The maximum atomic E-state index is 13.3. The van der Waals surface area contributed by atoms with Gasteiger partial charge in [-0.1, -0.05) is 0 Å². The van der Waals surface area contributed by atoms with Crippen LogP contribution in [0.15, 0.2) is 18.2 Å². The summed E-state index contributed by atoms with van der Waals surface area (Å²) in [7, 11) is 0. The summed E-state index contributed by atoms with van der Waals surface area (Å²) in [5.74, 6) is -0.198. The Bertz CT molecular complexity index is 495. The van der Waals surface area contributed by atoms with Crippen LogP contribution >= 0.6 is 12.4 Å². The minimum absolute atomic E-state index is 0. The summed E-state index contributed by atoms with van der Waals surface area (Å²) >= 11 is 0. The Morgan fingerprint density at radius 1 is 1.30 bits per heavy atom. The van der Waals surface area contributed by atoms with Gasteiger partial charge in [-0.25, -0.2) is 4.39 Å². The highest BCUT2D eigenvalue weighted by molar-refractivity contribution is 5.95. The third-order valence-corrected chi connectivity index (χ3v) is 4.29. The Hall–Kier alpha value is -1.13. The fourth-order valence-electron chi connectivity index (χ4n) is 3.24. The molecule has 20 heavy (non-hydrogen) atoms. The van der Waals surface area contributed by atoms with Gasteiger partial charge in [-0.3, -0.25) is 4.79 Å². The second-order valence-corrected chi connectivity index (χ2v) is 5.55. The molecule has 2 atom stereocenters. The fraction of sp³-hybridized carbons (Fsp3) is 0.533. The normalized spacial score (nSPS) is 25.0. The highest BCUT2D eigenvalue weighted by Gasteiger charge is 2.38. The predicted octanol–water partition coefficient (Wildman–Crippen LogP) is 2.52. The van der Waals surface area contributed by atoms with E-state index in [1.165, 1.54) is 6.07 Å². The summed E-state index contributed by atoms with van der Waals surface area (Å²) in [6.45, 7) is 3.56. The van der Waals surface area contributed by atoms with Crippen LogP contribution in [0.25, 0.3) is 0 Å². The van der Waals surface area contributed by atoms with E-state index in [9.17, 15) is 9.18 Å². The van der Waals surface area contributed by atoms with Gasteiger partial charge in [0.1, 0.15) is 5.82 Å². The van der Waals surface area contributed by atoms with Gasteiger partial charge in [-0.15, -0.1) is 12.4 Å². The summed E-state index contributed by atoms with van der Waals surface area (Å²) in [6, 6.07) is 5.29. The number of rotatable bonds is 1. The highest BCUT2D eigenvalue weighted by Crippen LogP contribution is 2.29. The van der Waals surface area contributed by atoms with Gasteiger partial charge in [0.05, 0.1) is 0 Å². The summed E-state index contributed by atoms with van der Waals surface area (Å²) in [6.07, 6.45) is 3.18. The largest absolute Gasteiger partial charge is 0.331 e. The molecule has 1 amide bonds. The van der Waals surface area contributed by atoms with E-state index < -0.39 is 0 Å². The van der Waals surface area contributed by atoms with Gasteiger partial charge in [0.15, 0.2) is 0 Å². The third-order valence-electron chi connectivity index (χ3n) is 4.29. The molecule has 2 unspecified atom stereocenters. The number of hydrogen-bond acceptors (Lipinski definition) is 2. The van der Waals surface area contributed by atoms with Crippen LogP contribution in [0, 0.1) is 12.7 Å². The minimum Gasteiger partial charge on any atom is -0.331 e. The van der Waals surface area contributed by atoms with Gasteiger partial charge in [-0.2, -0.15) is 0 Å². The van der Waals surface area contributed by atoms with Crippen molar-refractivity contribution in [2.45, 2.75) is 38.3 Å². The molecular weight excluding hydrogens is 279 g/mol. The van der Waals surface area contributed by atoms with E-state index in [0.29, 0.717) is 23.2 Å². The van der Waals surface area contributed by atoms with E-state index >= 15 is 0 Å². The van der Waals surface area contributed by atoms with Crippen molar-refractivity contribution >= 4 is 18.3 Å². The average molecular weight is 299 g/mol. The number of benzene rings is 1. The van der Waals surface area contributed by atoms with E-state index in [1.807, 2.05) is 4.90 Å². The molecule has 2 saturated heterocycles. The Balaban J connectivity index is 0.00000147. The van der Waals surface area contributed by atoms with Crippen molar-refractivity contribution in [3.63, 3.8) is 0 Å². The van der Waals surface area contributed by atoms with Gasteiger partial charge < -0.3 is 10.2 Å². The maximum absolute atomic E-state index is 13.3. The molecule has 2 aliphatic rings. The SMILES string of the molecule is Cc1cc(C(=O)N2C3CCNCC2CC3)ccc1F.Cl. The lowest BCUT2D eigenvalue weighted by atomic mass is 10.1. The van der Waals surface area contributed by atoms with Crippen molar-refractivity contribution in [1.29, 1.82) is 0 Å². The second kappa shape index (κ2) is 6.10. The van der Waals surface area contributed by atoms with Crippen molar-refractivity contribution in [2.75, 3.05) is 13.1 Å². The van der Waals surface area contributed by atoms with Crippen LogP contribution in [0.1, 0.15) is 35.2 Å². The maximum Gasteiger partial charge on any atom is 0.254 e. The van der Waals surface area contributed by atoms with Gasteiger partial charge in [0, 0.05) is 24.2 Å². The zero-order valence-corrected chi connectivity index (χ0v) is 12.4. The van der Waals surface area contributed by atoms with Crippen LogP contribution in [0.2, 0.25) is 0 Å². The number of carbonyl (C=O) groups is 1. The summed E-state index contributed by atoms with van der Waals surface area (Å²) in [5, 5.41) is 3.38. The first-order valence-electron chi connectivity index (χ1n) is 6.96. The van der Waals surface area contributed by atoms with Crippen LogP contribution in [0.4, 0.5) is 4.39 Å². The van der Waals surface area contributed by atoms with Crippen molar-refractivity contribution in [1.82, 2.24) is 10.2 Å². The van der Waals surface area contributed by atoms with Crippen molar-refractivity contribution in [3.8, 4) is 0 Å². The highest BCUT2D eigenvalue weighted by atomic mass is 35.5. The second-order valence-electron chi connectivity index (χ2n) is 5.55. The number of nitrogens with zero attached hydrogens (tertiary/aromatic N) is 1. The number of hydrogen-bond donors (Lipinski definition) is 1. The van der Waals surface area contributed by atoms with Crippen molar-refractivity contribution in [3.05, 3.63) is 35.1 Å². The molecule has 0 aliphatic carbocycles. The zero-order valence-electron chi connectivity index (χ0n) is 11.6. The monoisotopic (exact) mass is 298 g/mol. The van der Waals surface area contributed by atoms with Crippen molar-refractivity contribution in [2.24, 2.45) is 0 Å². The Kier molecular flexibility index (Phi) is 4.66. The first-order chi connectivity index (χ1) is 9.16. The first kappa shape index (κ1) is 15.3. The smallest absolute Gasteiger partial charge is 0.254 e. The molecular formula is C15H20ClFN2O. The van der Waals surface area contributed by atoms with Crippen LogP contribution in [0.5, 0.6) is 0 Å². The van der Waals surface area contributed by atoms with E-state index in [0.717, 1.165) is 32.4 Å². The molecule has 0 aromatic heterocycles. The molecule has 0 spiro atoms. The molecule has 2 aliphatic heterocycles. The first-order valence-corrected chi connectivity index (χ1v) is 6.96. The summed E-state index contributed by atoms with van der Waals surface area (Å²) in [5.41, 5.74) is 1.14. The molecule has 110 valence electrons. The number of carbonyl (C=O) groups excluding carboxylic acids is 1. The predicted molar refractivity (Wildman–Crippen MR) is 78.9 cm³/mol. The van der Waals surface area contributed by atoms with Gasteiger partial charge in [-0.05, 0) is 56.5 Å². The Labute approximate surface area is 124 Å². The molecule has 1 aromatic rings. The lowest BCUT2D eigenvalue weighted by molar-refractivity contribution is 0.0680. The molecule has 1 aromatic carbocycles. The van der Waals surface area contributed by atoms with Crippen LogP contribution in [-0.2, 0) is 0 Å². The van der Waals surface area contributed by atoms with Crippen LogP contribution in [0.3, 0.4) is 0 Å². The summed E-state index contributed by atoms with van der Waals surface area (Å²) < 4.78 is 13.3. The molecule has 3 nitrogen and oxygen atoms in total. The third kappa shape index (κ3) is 2.67. The topological polar surface area (TPSA) is 32.3 Å². The van der Waals surface area contributed by atoms with E-state index in [1.54, 1.807) is 19.1 Å². The standard InChI is InChI=1S/C15H19FN2O.ClH/c1-10-8-11(2-5-14(10)16)15(19)18-12-3-4-13(18)9-17-7-6-12;/h2,5,8,12-13,17H,3-4,6-7,9H2,1H3;1H. The molecule has 2 heterocycles. The van der Waals surface area contributed by atoms with Gasteiger partial charge in [0.25, 0.3) is 5.91 Å². The van der Waals surface area contributed by atoms with Gasteiger partial charge in [0.2, 0.25) is 0 Å². The lowest BCUT2D eigenvalue weighted by Crippen LogP contribution is -2.42. The van der Waals surface area contributed by atoms with E-state index in [4.69, 9.17) is 0 Å². The van der Waals surface area contributed by atoms with E-state index in [-0.39, 0.29) is 24.1 Å². The molecule has 1 N–H and O–H groups in total. The van der Waals surface area contributed by atoms with Crippen LogP contribution in [-0.4, -0.2) is 36.0 Å². The number of nitrogens with one attached hydrogen (secondary N) is 1. The molecule has 2 bridgehead atoms. The number of aryl methyl sites for hydroxylation is 1. The number of amides is 1. The summed E-state index contributed by atoms with van der Waals surface area (Å²) in [4.78, 5) is 14.7. The Morgan fingerprint density at radius 3 is 2.80 bits per heavy atom. The average Bonchev–Trinajstić information content (AvgIpc) is 2.65. The number of fused-ring (bicyclic) bond motifs is 2. The van der Waals surface area contributed by atoms with Gasteiger partial charge >= 0.3 is 0 Å². The quantitative estimate of drug-likeness (QED) is 0.864. The molecule has 5 heteroatoms. The number of halogens is 2. The minimum atomic E-state index is -0.253. The molecule has 0 saturated carbocycles. The molecule has 2 fully saturated rings. The van der Waals surface area contributed by atoms with Crippen molar-refractivity contribution < 1.29 is 9.18 Å². The zero-order chi connectivity index (χ0) is 13.4. The van der Waals surface area contributed by atoms with E-state index in [2.05, 4.69) is 5.32 Å². The fourth-order valence-corrected chi connectivity index (χ4v) is 3.24. The lowest BCUT2D eigenvalue weighted by Gasteiger charge is -2.28. The molecule has 3 rings (SSSR count).